The van der Waals surface area contributed by atoms with E-state index in [0.717, 1.165) is 24.3 Å². The van der Waals surface area contributed by atoms with Crippen molar-refractivity contribution in [1.29, 1.82) is 0 Å². The van der Waals surface area contributed by atoms with Gasteiger partial charge in [-0.05, 0) is 17.1 Å². The molecule has 2 rings (SSSR count). The van der Waals surface area contributed by atoms with E-state index in [2.05, 4.69) is 33.1 Å². The van der Waals surface area contributed by atoms with E-state index < -0.39 is 0 Å². The second kappa shape index (κ2) is 4.11. The van der Waals surface area contributed by atoms with Crippen molar-refractivity contribution in [1.82, 2.24) is 10.2 Å². The summed E-state index contributed by atoms with van der Waals surface area (Å²) in [6, 6.07) is 0. The van der Waals surface area contributed by atoms with Gasteiger partial charge in [-0.25, -0.2) is 0 Å². The maximum Gasteiger partial charge on any atom is 0.0212 e. The van der Waals surface area contributed by atoms with Crippen LogP contribution in [0.3, 0.4) is 0 Å². The highest BCUT2D eigenvalue weighted by atomic mass is 79.9. The molecule has 2 heterocycles. The minimum atomic E-state index is 0.771. The quantitative estimate of drug-likeness (QED) is 0.594. The Morgan fingerprint density at radius 1 is 1.38 bits per heavy atom. The van der Waals surface area contributed by atoms with Crippen molar-refractivity contribution in [3.05, 3.63) is 11.1 Å². The number of nitrogens with zero attached hydrogens (tertiary/aromatic N) is 1. The van der Waals surface area contributed by atoms with E-state index in [4.69, 9.17) is 0 Å². The maximum atomic E-state index is 3.53. The molecular formula is C10H17BrN2. The lowest BCUT2D eigenvalue weighted by Gasteiger charge is -2.20. The Hall–Kier alpha value is 0.140. The van der Waals surface area contributed by atoms with Gasteiger partial charge >= 0.3 is 0 Å². The highest BCUT2D eigenvalue weighted by Gasteiger charge is 2.25. The molecule has 0 saturated carbocycles. The fraction of sp³-hybridized carbons (Fsp3) is 0.800. The molecule has 0 bridgehead atoms. The Morgan fingerprint density at radius 2 is 2.00 bits per heavy atom. The van der Waals surface area contributed by atoms with Crippen molar-refractivity contribution in [3.63, 3.8) is 0 Å². The third-order valence-electron chi connectivity index (χ3n) is 2.84. The van der Waals surface area contributed by atoms with Crippen LogP contribution in [0.4, 0.5) is 0 Å². The summed E-state index contributed by atoms with van der Waals surface area (Å²) in [4.78, 5) is 2.57. The molecule has 0 aromatic rings. The summed E-state index contributed by atoms with van der Waals surface area (Å²) < 4.78 is 0. The van der Waals surface area contributed by atoms with Crippen LogP contribution in [0.1, 0.15) is 6.92 Å². The number of halogens is 1. The molecule has 0 aromatic heterocycles. The normalized spacial score (nSPS) is 25.4. The standard InChI is InChI=1S/C10H17BrN2/c1-8(2-11)5-13-6-9-3-12-4-10(9)7-13/h8,12H,2-7H2,1H3. The molecule has 0 aliphatic carbocycles. The van der Waals surface area contributed by atoms with Gasteiger partial charge in [0.2, 0.25) is 0 Å². The fourth-order valence-electron chi connectivity index (χ4n) is 2.16. The van der Waals surface area contributed by atoms with Gasteiger partial charge < -0.3 is 5.32 Å². The Kier molecular flexibility index (Phi) is 3.06. The van der Waals surface area contributed by atoms with Gasteiger partial charge in [0.1, 0.15) is 0 Å². The molecule has 0 fully saturated rings. The molecule has 0 saturated heterocycles. The van der Waals surface area contributed by atoms with E-state index in [1.165, 1.54) is 19.6 Å². The van der Waals surface area contributed by atoms with Gasteiger partial charge in [-0.1, -0.05) is 22.9 Å². The first-order chi connectivity index (χ1) is 6.29. The average molecular weight is 245 g/mol. The van der Waals surface area contributed by atoms with Crippen LogP contribution in [-0.2, 0) is 0 Å². The van der Waals surface area contributed by atoms with Crippen LogP contribution < -0.4 is 5.32 Å². The Balaban J connectivity index is 1.82. The lowest BCUT2D eigenvalue weighted by atomic mass is 10.2. The van der Waals surface area contributed by atoms with Crippen molar-refractivity contribution >= 4 is 15.9 Å². The molecule has 0 spiro atoms. The van der Waals surface area contributed by atoms with Crippen LogP contribution in [0.5, 0.6) is 0 Å². The summed E-state index contributed by atoms with van der Waals surface area (Å²) in [6.45, 7) is 8.22. The molecule has 13 heavy (non-hydrogen) atoms. The highest BCUT2D eigenvalue weighted by molar-refractivity contribution is 9.09. The minimum absolute atomic E-state index is 0.771. The fourth-order valence-corrected chi connectivity index (χ4v) is 2.37. The first-order valence-electron chi connectivity index (χ1n) is 4.98. The van der Waals surface area contributed by atoms with Crippen LogP contribution in [0, 0.1) is 5.92 Å². The second-order valence-electron chi connectivity index (χ2n) is 4.24. The zero-order chi connectivity index (χ0) is 9.26. The molecular weight excluding hydrogens is 228 g/mol. The van der Waals surface area contributed by atoms with Crippen molar-refractivity contribution in [2.24, 2.45) is 5.92 Å². The number of hydrogen-bond acceptors (Lipinski definition) is 2. The number of rotatable bonds is 3. The first-order valence-corrected chi connectivity index (χ1v) is 6.10. The van der Waals surface area contributed by atoms with E-state index in [1.807, 2.05) is 0 Å². The Bertz CT molecular complexity index is 209. The van der Waals surface area contributed by atoms with Gasteiger partial charge in [0.05, 0.1) is 0 Å². The van der Waals surface area contributed by atoms with Gasteiger partial charge in [-0.2, -0.15) is 0 Å². The smallest absolute Gasteiger partial charge is 0.0212 e. The van der Waals surface area contributed by atoms with Gasteiger partial charge in [0.25, 0.3) is 0 Å². The Labute approximate surface area is 88.5 Å². The van der Waals surface area contributed by atoms with E-state index in [-0.39, 0.29) is 0 Å². The third-order valence-corrected chi connectivity index (χ3v) is 3.94. The van der Waals surface area contributed by atoms with Gasteiger partial charge in [-0.15, -0.1) is 0 Å². The van der Waals surface area contributed by atoms with Crippen molar-refractivity contribution < 1.29 is 0 Å². The molecule has 74 valence electrons. The van der Waals surface area contributed by atoms with Crippen LogP contribution in [0.2, 0.25) is 0 Å². The first kappa shape index (κ1) is 9.69. The summed E-state index contributed by atoms with van der Waals surface area (Å²) in [7, 11) is 0. The number of nitrogens with one attached hydrogen (secondary N) is 1. The summed E-state index contributed by atoms with van der Waals surface area (Å²) in [5.41, 5.74) is 3.31. The predicted molar refractivity (Wildman–Crippen MR) is 59.3 cm³/mol. The number of alkyl halides is 1. The van der Waals surface area contributed by atoms with E-state index >= 15 is 0 Å². The van der Waals surface area contributed by atoms with E-state index in [1.54, 1.807) is 11.1 Å². The molecule has 1 N–H and O–H groups in total. The largest absolute Gasteiger partial charge is 0.309 e. The maximum absolute atomic E-state index is 3.53. The van der Waals surface area contributed by atoms with Crippen molar-refractivity contribution in [3.8, 4) is 0 Å². The predicted octanol–water partition coefficient (Wildman–Crippen LogP) is 1.23. The highest BCUT2D eigenvalue weighted by Crippen LogP contribution is 2.21. The zero-order valence-corrected chi connectivity index (χ0v) is 9.73. The molecule has 1 unspecified atom stereocenters. The molecule has 2 nitrogen and oxygen atoms in total. The topological polar surface area (TPSA) is 15.3 Å². The van der Waals surface area contributed by atoms with E-state index in [0.29, 0.717) is 0 Å². The van der Waals surface area contributed by atoms with E-state index in [9.17, 15) is 0 Å². The monoisotopic (exact) mass is 244 g/mol. The summed E-state index contributed by atoms with van der Waals surface area (Å²) in [6.07, 6.45) is 0. The van der Waals surface area contributed by atoms with Gasteiger partial charge in [-0.3, -0.25) is 4.90 Å². The summed E-state index contributed by atoms with van der Waals surface area (Å²) in [5.74, 6) is 0.771. The summed E-state index contributed by atoms with van der Waals surface area (Å²) >= 11 is 3.53. The average Bonchev–Trinajstić information content (AvgIpc) is 2.63. The molecule has 1 atom stereocenters. The second-order valence-corrected chi connectivity index (χ2v) is 4.89. The molecule has 0 aromatic carbocycles. The SMILES string of the molecule is CC(CBr)CN1CC2=C(CNC2)C1. The molecule has 0 amide bonds. The molecule has 2 aliphatic heterocycles. The lowest BCUT2D eigenvalue weighted by molar-refractivity contribution is 0.301. The Morgan fingerprint density at radius 3 is 2.54 bits per heavy atom. The minimum Gasteiger partial charge on any atom is -0.309 e. The third kappa shape index (κ3) is 2.14. The van der Waals surface area contributed by atoms with Crippen LogP contribution >= 0.6 is 15.9 Å². The molecule has 2 aliphatic rings. The lowest BCUT2D eigenvalue weighted by Crippen LogP contribution is -2.30. The molecule has 3 heteroatoms. The van der Waals surface area contributed by atoms with Gasteiger partial charge in [0, 0.05) is 38.1 Å². The van der Waals surface area contributed by atoms with Crippen LogP contribution in [0.25, 0.3) is 0 Å². The number of hydrogen-bond donors (Lipinski definition) is 1. The molecule has 0 radical (unpaired) electrons. The zero-order valence-electron chi connectivity index (χ0n) is 8.15. The van der Waals surface area contributed by atoms with Crippen LogP contribution in [0.15, 0.2) is 11.1 Å². The van der Waals surface area contributed by atoms with Crippen molar-refractivity contribution in [2.75, 3.05) is 38.1 Å². The van der Waals surface area contributed by atoms with Crippen molar-refractivity contribution in [2.45, 2.75) is 6.92 Å². The van der Waals surface area contributed by atoms with Crippen LogP contribution in [-0.4, -0.2) is 43.0 Å². The summed E-state index contributed by atoms with van der Waals surface area (Å²) in [5, 5.41) is 4.52. The van der Waals surface area contributed by atoms with Gasteiger partial charge in [0.15, 0.2) is 0 Å².